The van der Waals surface area contributed by atoms with Crippen molar-refractivity contribution in [2.45, 2.75) is 31.8 Å². The maximum Gasteiger partial charge on any atom is 0.325 e. The normalized spacial score (nSPS) is 20.9. The number of carbonyl (C=O) groups excluding carboxylic acids is 2. The van der Waals surface area contributed by atoms with Gasteiger partial charge < -0.3 is 15.4 Å². The van der Waals surface area contributed by atoms with Crippen LogP contribution in [0.15, 0.2) is 0 Å². The van der Waals surface area contributed by atoms with Gasteiger partial charge in [-0.25, -0.2) is 4.79 Å². The molecule has 21 heavy (non-hydrogen) atoms. The van der Waals surface area contributed by atoms with Crippen LogP contribution in [0.5, 0.6) is 0 Å². The van der Waals surface area contributed by atoms with E-state index in [1.165, 1.54) is 16.2 Å². The number of rotatable bonds is 4. The zero-order chi connectivity index (χ0) is 14.9. The minimum absolute atomic E-state index is 0.163. The molecule has 0 bridgehead atoms. The van der Waals surface area contributed by atoms with Crippen LogP contribution in [0.4, 0.5) is 9.93 Å². The summed E-state index contributed by atoms with van der Waals surface area (Å²) in [5.41, 5.74) is -0.787. The lowest BCUT2D eigenvalue weighted by Crippen LogP contribution is -2.51. The molecule has 1 spiro atoms. The number of aromatic nitrogens is 2. The van der Waals surface area contributed by atoms with E-state index < -0.39 is 5.54 Å². The second-order valence-corrected chi connectivity index (χ2v) is 6.11. The predicted octanol–water partition coefficient (Wildman–Crippen LogP) is 0.571. The van der Waals surface area contributed by atoms with Crippen molar-refractivity contribution in [1.82, 2.24) is 20.4 Å². The predicted molar refractivity (Wildman–Crippen MR) is 75.9 cm³/mol. The molecule has 0 radical (unpaired) electrons. The van der Waals surface area contributed by atoms with Crippen LogP contribution in [0.1, 0.15) is 24.8 Å². The first-order valence-electron chi connectivity index (χ1n) is 6.93. The summed E-state index contributed by atoms with van der Waals surface area (Å²) < 4.78 is 5.27. The van der Waals surface area contributed by atoms with Crippen molar-refractivity contribution in [1.29, 1.82) is 0 Å². The van der Waals surface area contributed by atoms with Gasteiger partial charge >= 0.3 is 6.03 Å². The Morgan fingerprint density at radius 3 is 2.86 bits per heavy atom. The Balaban J connectivity index is 1.72. The van der Waals surface area contributed by atoms with Gasteiger partial charge in [-0.05, 0) is 6.92 Å². The van der Waals surface area contributed by atoms with Gasteiger partial charge in [-0.15, -0.1) is 10.2 Å². The summed E-state index contributed by atoms with van der Waals surface area (Å²) in [5, 5.41) is 15.2. The minimum atomic E-state index is -0.787. The third-order valence-corrected chi connectivity index (χ3v) is 4.55. The van der Waals surface area contributed by atoms with Crippen LogP contribution in [0.2, 0.25) is 0 Å². The van der Waals surface area contributed by atoms with Crippen molar-refractivity contribution in [2.24, 2.45) is 0 Å². The summed E-state index contributed by atoms with van der Waals surface area (Å²) in [4.78, 5) is 25.9. The molecule has 2 aliphatic rings. The molecule has 2 saturated heterocycles. The second kappa shape index (κ2) is 5.57. The number of hydrogen-bond acceptors (Lipinski definition) is 7. The summed E-state index contributed by atoms with van der Waals surface area (Å²) in [6.45, 7) is 3.86. The quantitative estimate of drug-likeness (QED) is 0.789. The fourth-order valence-corrected chi connectivity index (χ4v) is 3.35. The first-order valence-corrected chi connectivity index (χ1v) is 7.74. The van der Waals surface area contributed by atoms with E-state index in [0.717, 1.165) is 6.54 Å². The first-order chi connectivity index (χ1) is 10.1. The van der Waals surface area contributed by atoms with Gasteiger partial charge in [0.15, 0.2) is 0 Å². The molecule has 9 heteroatoms. The summed E-state index contributed by atoms with van der Waals surface area (Å²) in [6, 6.07) is -0.359. The number of nitrogens with one attached hydrogen (secondary N) is 2. The van der Waals surface area contributed by atoms with E-state index in [2.05, 4.69) is 20.8 Å². The number of anilines is 1. The highest BCUT2D eigenvalue weighted by atomic mass is 32.1. The topological polar surface area (TPSA) is 96.5 Å². The summed E-state index contributed by atoms with van der Waals surface area (Å²) >= 11 is 1.35. The number of urea groups is 1. The number of hydrogen-bond donors (Lipinski definition) is 2. The summed E-state index contributed by atoms with van der Waals surface area (Å²) in [7, 11) is 0. The summed E-state index contributed by atoms with van der Waals surface area (Å²) in [5.74, 6) is -0.184. The molecular weight excluding hydrogens is 294 g/mol. The molecule has 3 heterocycles. The lowest BCUT2D eigenvalue weighted by molar-refractivity contribution is -0.134. The molecule has 0 unspecified atom stereocenters. The fourth-order valence-electron chi connectivity index (χ4n) is 2.55. The van der Waals surface area contributed by atoms with Gasteiger partial charge in [0.1, 0.15) is 10.5 Å². The molecule has 0 saturated carbocycles. The van der Waals surface area contributed by atoms with Crippen LogP contribution in [-0.2, 0) is 16.1 Å². The SMILES string of the molecule is CCNc1nnc(CN2C(=O)NC3(CCOCC3)C2=O)s1. The highest BCUT2D eigenvalue weighted by molar-refractivity contribution is 7.15. The van der Waals surface area contributed by atoms with Crippen molar-refractivity contribution < 1.29 is 14.3 Å². The van der Waals surface area contributed by atoms with Crippen molar-refractivity contribution >= 4 is 28.4 Å². The first kappa shape index (κ1) is 14.2. The van der Waals surface area contributed by atoms with Gasteiger partial charge in [-0.1, -0.05) is 11.3 Å². The Labute approximate surface area is 125 Å². The van der Waals surface area contributed by atoms with E-state index >= 15 is 0 Å². The number of nitrogens with zero attached hydrogens (tertiary/aromatic N) is 3. The molecule has 2 fully saturated rings. The third kappa shape index (κ3) is 2.58. The Morgan fingerprint density at radius 2 is 2.14 bits per heavy atom. The maximum atomic E-state index is 12.6. The van der Waals surface area contributed by atoms with Crippen molar-refractivity contribution in [3.8, 4) is 0 Å². The molecule has 1 aromatic heterocycles. The number of ether oxygens (including phenoxy) is 1. The van der Waals surface area contributed by atoms with Crippen molar-refractivity contribution in [3.63, 3.8) is 0 Å². The fraction of sp³-hybridized carbons (Fsp3) is 0.667. The molecule has 8 nitrogen and oxygen atoms in total. The maximum absolute atomic E-state index is 12.6. The molecule has 114 valence electrons. The molecule has 0 aromatic carbocycles. The zero-order valence-electron chi connectivity index (χ0n) is 11.7. The van der Waals surface area contributed by atoms with Crippen LogP contribution in [0, 0.1) is 0 Å². The van der Waals surface area contributed by atoms with E-state index in [9.17, 15) is 9.59 Å². The number of imide groups is 1. The zero-order valence-corrected chi connectivity index (χ0v) is 12.5. The number of carbonyl (C=O) groups is 2. The van der Waals surface area contributed by atoms with E-state index in [-0.39, 0.29) is 18.5 Å². The van der Waals surface area contributed by atoms with E-state index in [1.54, 1.807) is 0 Å². The molecule has 3 amide bonds. The van der Waals surface area contributed by atoms with Crippen LogP contribution in [0.25, 0.3) is 0 Å². The Kier molecular flexibility index (Phi) is 3.77. The Morgan fingerprint density at radius 1 is 1.38 bits per heavy atom. The van der Waals surface area contributed by atoms with E-state index in [0.29, 0.717) is 36.2 Å². The highest BCUT2D eigenvalue weighted by Crippen LogP contribution is 2.30. The Bertz CT molecular complexity index is 555. The van der Waals surface area contributed by atoms with Crippen molar-refractivity contribution in [3.05, 3.63) is 5.01 Å². The van der Waals surface area contributed by atoms with Crippen molar-refractivity contribution in [2.75, 3.05) is 25.1 Å². The molecule has 0 aliphatic carbocycles. The molecular formula is C12H17N5O3S. The van der Waals surface area contributed by atoms with Gasteiger partial charge in [0.2, 0.25) is 5.13 Å². The minimum Gasteiger partial charge on any atom is -0.381 e. The molecule has 1 aromatic rings. The lowest BCUT2D eigenvalue weighted by Gasteiger charge is -2.30. The van der Waals surface area contributed by atoms with E-state index in [1.807, 2.05) is 6.92 Å². The number of amides is 3. The lowest BCUT2D eigenvalue weighted by atomic mass is 9.90. The smallest absolute Gasteiger partial charge is 0.325 e. The molecule has 2 N–H and O–H groups in total. The average Bonchev–Trinajstić information content (AvgIpc) is 3.00. The monoisotopic (exact) mass is 311 g/mol. The molecule has 3 rings (SSSR count). The van der Waals surface area contributed by atoms with Gasteiger partial charge in [-0.2, -0.15) is 0 Å². The largest absolute Gasteiger partial charge is 0.381 e. The van der Waals surface area contributed by atoms with Crippen LogP contribution in [0.3, 0.4) is 0 Å². The van der Waals surface area contributed by atoms with Crippen LogP contribution >= 0.6 is 11.3 Å². The van der Waals surface area contributed by atoms with Gasteiger partial charge in [0, 0.05) is 32.6 Å². The molecule has 0 atom stereocenters. The standard InChI is InChI=1S/C12H17N5O3S/c1-2-13-10-16-15-8(21-10)7-17-9(18)12(14-11(17)19)3-5-20-6-4-12/h2-7H2,1H3,(H,13,16)(H,14,19). The van der Waals surface area contributed by atoms with Gasteiger partial charge in [-0.3, -0.25) is 9.69 Å². The summed E-state index contributed by atoms with van der Waals surface area (Å²) in [6.07, 6.45) is 1.04. The average molecular weight is 311 g/mol. The Hall–Kier alpha value is -1.74. The van der Waals surface area contributed by atoms with Gasteiger partial charge in [0.25, 0.3) is 5.91 Å². The van der Waals surface area contributed by atoms with Crippen LogP contribution in [-0.4, -0.2) is 52.3 Å². The highest BCUT2D eigenvalue weighted by Gasteiger charge is 2.51. The van der Waals surface area contributed by atoms with Gasteiger partial charge in [0.05, 0.1) is 6.54 Å². The van der Waals surface area contributed by atoms with Crippen LogP contribution < -0.4 is 10.6 Å². The second-order valence-electron chi connectivity index (χ2n) is 5.05. The third-order valence-electron chi connectivity index (χ3n) is 3.68. The molecule has 2 aliphatic heterocycles. The van der Waals surface area contributed by atoms with E-state index in [4.69, 9.17) is 4.74 Å².